The van der Waals surface area contributed by atoms with Gasteiger partial charge in [0.1, 0.15) is 0 Å². The monoisotopic (exact) mass is 306 g/mol. The molecule has 3 N–H and O–H groups in total. The van der Waals surface area contributed by atoms with Gasteiger partial charge in [-0.05, 0) is 42.0 Å². The summed E-state index contributed by atoms with van der Waals surface area (Å²) in [4.78, 5) is 0. The van der Waals surface area contributed by atoms with Crippen LogP contribution in [0.2, 0.25) is 5.02 Å². The van der Waals surface area contributed by atoms with Crippen molar-refractivity contribution >= 4 is 34.6 Å². The molecule has 0 radical (unpaired) electrons. The van der Waals surface area contributed by atoms with Crippen molar-refractivity contribution in [2.75, 3.05) is 11.9 Å². The van der Waals surface area contributed by atoms with Gasteiger partial charge < -0.3 is 15.7 Å². The summed E-state index contributed by atoms with van der Waals surface area (Å²) in [5, 5.41) is 17.1. The van der Waals surface area contributed by atoms with E-state index in [0.717, 1.165) is 11.3 Å². The highest BCUT2D eigenvalue weighted by atomic mass is 35.5. The number of halogens is 1. The standard InChI is InChI=1S/C15H15ClN2OS/c16-12-6-8-13(9-7-12)18-15(20)17-10-14(19)11-4-2-1-3-5-11/h1-9,14,19H,10H2,(H2,17,18,20)/t14-/m0/s1. The van der Waals surface area contributed by atoms with Crippen LogP contribution in [0.1, 0.15) is 11.7 Å². The average molecular weight is 307 g/mol. The van der Waals surface area contributed by atoms with Gasteiger partial charge in [0.2, 0.25) is 0 Å². The van der Waals surface area contributed by atoms with Crippen molar-refractivity contribution in [1.82, 2.24) is 5.32 Å². The van der Waals surface area contributed by atoms with Crippen LogP contribution < -0.4 is 10.6 Å². The highest BCUT2D eigenvalue weighted by Crippen LogP contribution is 2.13. The minimum Gasteiger partial charge on any atom is -0.387 e. The third-order valence-corrected chi connectivity index (χ3v) is 3.24. The molecular formula is C15H15ClN2OS. The van der Waals surface area contributed by atoms with Gasteiger partial charge in [0.05, 0.1) is 6.10 Å². The molecule has 0 bridgehead atoms. The minimum atomic E-state index is -0.596. The van der Waals surface area contributed by atoms with E-state index in [4.69, 9.17) is 23.8 Å². The van der Waals surface area contributed by atoms with Gasteiger partial charge in [0.25, 0.3) is 0 Å². The Labute approximate surface area is 128 Å². The smallest absolute Gasteiger partial charge is 0.170 e. The molecule has 2 rings (SSSR count). The third kappa shape index (κ3) is 4.49. The molecule has 0 saturated heterocycles. The first-order valence-corrected chi connectivity index (χ1v) is 6.97. The molecule has 2 aromatic carbocycles. The molecule has 0 aliphatic heterocycles. The molecule has 0 spiro atoms. The van der Waals surface area contributed by atoms with E-state index in [2.05, 4.69) is 10.6 Å². The summed E-state index contributed by atoms with van der Waals surface area (Å²) in [6, 6.07) is 16.7. The zero-order chi connectivity index (χ0) is 14.4. The van der Waals surface area contributed by atoms with Crippen molar-refractivity contribution in [3.05, 3.63) is 65.2 Å². The lowest BCUT2D eigenvalue weighted by atomic mass is 10.1. The quantitative estimate of drug-likeness (QED) is 0.758. The molecule has 104 valence electrons. The van der Waals surface area contributed by atoms with E-state index in [9.17, 15) is 5.11 Å². The summed E-state index contributed by atoms with van der Waals surface area (Å²) in [5.41, 5.74) is 1.70. The largest absolute Gasteiger partial charge is 0.387 e. The van der Waals surface area contributed by atoms with Crippen LogP contribution in [-0.4, -0.2) is 16.8 Å². The molecule has 0 aliphatic rings. The van der Waals surface area contributed by atoms with Crippen LogP contribution >= 0.6 is 23.8 Å². The van der Waals surface area contributed by atoms with Crippen LogP contribution in [-0.2, 0) is 0 Å². The average Bonchev–Trinajstić information content (AvgIpc) is 2.48. The first kappa shape index (κ1) is 14.8. The van der Waals surface area contributed by atoms with E-state index in [1.54, 1.807) is 12.1 Å². The van der Waals surface area contributed by atoms with E-state index in [1.807, 2.05) is 42.5 Å². The minimum absolute atomic E-state index is 0.351. The third-order valence-electron chi connectivity index (χ3n) is 2.74. The molecule has 5 heteroatoms. The molecule has 0 aliphatic carbocycles. The number of nitrogens with one attached hydrogen (secondary N) is 2. The summed E-state index contributed by atoms with van der Waals surface area (Å²) in [6.07, 6.45) is -0.596. The Hall–Kier alpha value is -1.62. The predicted octanol–water partition coefficient (Wildman–Crippen LogP) is 3.36. The second-order valence-electron chi connectivity index (χ2n) is 4.27. The first-order chi connectivity index (χ1) is 9.65. The summed E-state index contributed by atoms with van der Waals surface area (Å²) in [7, 11) is 0. The van der Waals surface area contributed by atoms with Gasteiger partial charge in [-0.15, -0.1) is 0 Å². The lowest BCUT2D eigenvalue weighted by Crippen LogP contribution is -2.32. The number of aliphatic hydroxyl groups is 1. The van der Waals surface area contributed by atoms with Crippen molar-refractivity contribution in [1.29, 1.82) is 0 Å². The van der Waals surface area contributed by atoms with E-state index >= 15 is 0 Å². The molecule has 0 heterocycles. The highest BCUT2D eigenvalue weighted by Gasteiger charge is 2.07. The zero-order valence-electron chi connectivity index (χ0n) is 10.7. The summed E-state index contributed by atoms with van der Waals surface area (Å²) >= 11 is 11.0. The molecule has 0 amide bonds. The lowest BCUT2D eigenvalue weighted by Gasteiger charge is -2.14. The van der Waals surface area contributed by atoms with Gasteiger partial charge in [-0.2, -0.15) is 0 Å². The first-order valence-electron chi connectivity index (χ1n) is 6.18. The maximum atomic E-state index is 10.0. The number of benzene rings is 2. The number of anilines is 1. The predicted molar refractivity (Wildman–Crippen MR) is 87.1 cm³/mol. The molecule has 1 atom stereocenters. The summed E-state index contributed by atoms with van der Waals surface area (Å²) in [6.45, 7) is 0.351. The van der Waals surface area contributed by atoms with Crippen LogP contribution in [0.4, 0.5) is 5.69 Å². The maximum absolute atomic E-state index is 10.0. The van der Waals surface area contributed by atoms with E-state index < -0.39 is 6.10 Å². The van der Waals surface area contributed by atoms with Gasteiger partial charge in [0, 0.05) is 17.3 Å². The van der Waals surface area contributed by atoms with Crippen molar-refractivity contribution in [2.24, 2.45) is 0 Å². The van der Waals surface area contributed by atoms with Crippen LogP contribution in [0.15, 0.2) is 54.6 Å². The number of hydrogen-bond acceptors (Lipinski definition) is 2. The second kappa shape index (κ2) is 7.24. The van der Waals surface area contributed by atoms with Gasteiger partial charge in [-0.25, -0.2) is 0 Å². The summed E-state index contributed by atoms with van der Waals surface area (Å²) < 4.78 is 0. The van der Waals surface area contributed by atoms with Crippen molar-refractivity contribution in [3.8, 4) is 0 Å². The molecule has 20 heavy (non-hydrogen) atoms. The normalized spacial score (nSPS) is 11.7. The lowest BCUT2D eigenvalue weighted by molar-refractivity contribution is 0.181. The Morgan fingerprint density at radius 1 is 1.10 bits per heavy atom. The Balaban J connectivity index is 1.82. The second-order valence-corrected chi connectivity index (χ2v) is 5.11. The molecule has 2 aromatic rings. The maximum Gasteiger partial charge on any atom is 0.170 e. The Kier molecular flexibility index (Phi) is 5.35. The van der Waals surface area contributed by atoms with Crippen molar-refractivity contribution < 1.29 is 5.11 Å². The number of aliphatic hydroxyl groups excluding tert-OH is 1. The fourth-order valence-electron chi connectivity index (χ4n) is 1.69. The summed E-state index contributed by atoms with van der Waals surface area (Å²) in [5.74, 6) is 0. The molecule has 0 fully saturated rings. The zero-order valence-corrected chi connectivity index (χ0v) is 12.3. The van der Waals surface area contributed by atoms with Gasteiger partial charge in [-0.3, -0.25) is 0 Å². The van der Waals surface area contributed by atoms with Crippen molar-refractivity contribution in [2.45, 2.75) is 6.10 Å². The van der Waals surface area contributed by atoms with E-state index in [0.29, 0.717) is 16.7 Å². The topological polar surface area (TPSA) is 44.3 Å². The van der Waals surface area contributed by atoms with Crippen molar-refractivity contribution in [3.63, 3.8) is 0 Å². The SMILES string of the molecule is O[C@@H](CNC(=S)Nc1ccc(Cl)cc1)c1ccccc1. The molecule has 0 aromatic heterocycles. The molecule has 0 unspecified atom stereocenters. The van der Waals surface area contributed by atoms with Crippen LogP contribution in [0.5, 0.6) is 0 Å². The fraction of sp³-hybridized carbons (Fsp3) is 0.133. The molecule has 0 saturated carbocycles. The Morgan fingerprint density at radius 2 is 1.75 bits per heavy atom. The number of thiocarbonyl (C=S) groups is 1. The Bertz CT molecular complexity index is 560. The van der Waals surface area contributed by atoms with Gasteiger partial charge >= 0.3 is 0 Å². The van der Waals surface area contributed by atoms with E-state index in [1.165, 1.54) is 0 Å². The molecule has 3 nitrogen and oxygen atoms in total. The number of rotatable bonds is 4. The highest BCUT2D eigenvalue weighted by molar-refractivity contribution is 7.80. The van der Waals surface area contributed by atoms with Crippen LogP contribution in [0.3, 0.4) is 0 Å². The van der Waals surface area contributed by atoms with Gasteiger partial charge in [0.15, 0.2) is 5.11 Å². The Morgan fingerprint density at radius 3 is 2.40 bits per heavy atom. The van der Waals surface area contributed by atoms with Crippen LogP contribution in [0, 0.1) is 0 Å². The number of hydrogen-bond donors (Lipinski definition) is 3. The molecular weight excluding hydrogens is 292 g/mol. The van der Waals surface area contributed by atoms with Crippen LogP contribution in [0.25, 0.3) is 0 Å². The van der Waals surface area contributed by atoms with Gasteiger partial charge in [-0.1, -0.05) is 41.9 Å². The fourth-order valence-corrected chi connectivity index (χ4v) is 2.02. The van der Waals surface area contributed by atoms with E-state index in [-0.39, 0.29) is 0 Å².